The van der Waals surface area contributed by atoms with Gasteiger partial charge in [-0.2, -0.15) is 5.10 Å². The van der Waals surface area contributed by atoms with E-state index in [1.165, 1.54) is 6.07 Å². The number of rotatable bonds is 6. The monoisotopic (exact) mass is 502 g/mol. The molecule has 0 aliphatic heterocycles. The van der Waals surface area contributed by atoms with E-state index < -0.39 is 0 Å². The molecular weight excluding hydrogens is 474 g/mol. The molecule has 1 aromatic carbocycles. The van der Waals surface area contributed by atoms with Gasteiger partial charge in [0.15, 0.2) is 5.96 Å². The number of aliphatic imine (C=N–C) groups is 1. The van der Waals surface area contributed by atoms with E-state index in [0.717, 1.165) is 17.0 Å². The van der Waals surface area contributed by atoms with Crippen molar-refractivity contribution >= 4 is 35.8 Å². The summed E-state index contributed by atoms with van der Waals surface area (Å²) < 4.78 is 15.4. The van der Waals surface area contributed by atoms with E-state index in [1.807, 2.05) is 25.6 Å². The van der Waals surface area contributed by atoms with Gasteiger partial charge in [0.25, 0.3) is 5.91 Å². The Morgan fingerprint density at radius 3 is 2.43 bits per heavy atom. The molecule has 3 N–H and O–H groups in total. The summed E-state index contributed by atoms with van der Waals surface area (Å²) in [6.45, 7) is 7.15. The number of amides is 1. The van der Waals surface area contributed by atoms with Crippen molar-refractivity contribution < 1.29 is 9.18 Å². The topological polar surface area (TPSA) is 83.3 Å². The van der Waals surface area contributed by atoms with Crippen molar-refractivity contribution in [1.82, 2.24) is 25.7 Å². The number of hydrogen-bond acceptors (Lipinski definition) is 3. The van der Waals surface area contributed by atoms with Crippen molar-refractivity contribution in [2.75, 3.05) is 20.1 Å². The van der Waals surface area contributed by atoms with Crippen molar-refractivity contribution in [2.24, 2.45) is 12.0 Å². The van der Waals surface area contributed by atoms with Crippen LogP contribution in [0.2, 0.25) is 0 Å². The van der Waals surface area contributed by atoms with Crippen LogP contribution in [0.3, 0.4) is 0 Å². The molecule has 0 radical (unpaired) electrons. The molecule has 1 heterocycles. The maximum Gasteiger partial charge on any atom is 0.251 e. The van der Waals surface area contributed by atoms with Crippen LogP contribution in [0, 0.1) is 26.6 Å². The molecule has 9 heteroatoms. The number of hydrogen-bond donors (Lipinski definition) is 3. The van der Waals surface area contributed by atoms with Gasteiger partial charge in [0, 0.05) is 50.6 Å². The second-order valence-electron chi connectivity index (χ2n) is 6.35. The molecular formula is C19H28FIN6O. The molecule has 0 unspecified atom stereocenters. The standard InChI is InChI=1S/C19H27FN6O.HI/c1-12-6-7-15(10-17(12)20)18(27)22-8-9-23-19(21-4)24-11-16-13(2)25-26(5)14(16)3;/h6-7,10H,8-9,11H2,1-5H3,(H,22,27)(H2,21,23,24);1H. The zero-order valence-electron chi connectivity index (χ0n) is 16.9. The smallest absolute Gasteiger partial charge is 0.251 e. The molecule has 0 spiro atoms. The number of aryl methyl sites for hydroxylation is 3. The van der Waals surface area contributed by atoms with Crippen molar-refractivity contribution in [3.8, 4) is 0 Å². The predicted octanol–water partition coefficient (Wildman–Crippen LogP) is 2.20. The molecule has 7 nitrogen and oxygen atoms in total. The number of carbonyl (C=O) groups is 1. The van der Waals surface area contributed by atoms with Gasteiger partial charge in [-0.3, -0.25) is 14.5 Å². The second kappa shape index (κ2) is 11.0. The third-order valence-corrected chi connectivity index (χ3v) is 4.45. The normalized spacial score (nSPS) is 11.0. The minimum absolute atomic E-state index is 0. The van der Waals surface area contributed by atoms with Gasteiger partial charge in [-0.15, -0.1) is 24.0 Å². The van der Waals surface area contributed by atoms with Gasteiger partial charge in [-0.05, 0) is 38.5 Å². The van der Waals surface area contributed by atoms with Gasteiger partial charge in [0.1, 0.15) is 5.82 Å². The third kappa shape index (κ3) is 6.18. The van der Waals surface area contributed by atoms with E-state index >= 15 is 0 Å². The Labute approximate surface area is 182 Å². The summed E-state index contributed by atoms with van der Waals surface area (Å²) in [4.78, 5) is 16.2. The molecule has 2 aromatic rings. The zero-order valence-corrected chi connectivity index (χ0v) is 19.2. The highest BCUT2D eigenvalue weighted by molar-refractivity contribution is 14.0. The fourth-order valence-electron chi connectivity index (χ4n) is 2.66. The Balaban J connectivity index is 0.00000392. The minimum Gasteiger partial charge on any atom is -0.355 e. The van der Waals surface area contributed by atoms with Crippen LogP contribution in [0.1, 0.15) is 32.9 Å². The van der Waals surface area contributed by atoms with Crippen LogP contribution >= 0.6 is 24.0 Å². The first-order valence-corrected chi connectivity index (χ1v) is 8.81. The number of nitrogens with one attached hydrogen (secondary N) is 3. The van der Waals surface area contributed by atoms with E-state index in [1.54, 1.807) is 26.1 Å². The van der Waals surface area contributed by atoms with Crippen LogP contribution in [0.4, 0.5) is 4.39 Å². The molecule has 2 rings (SSSR count). The van der Waals surface area contributed by atoms with E-state index in [2.05, 4.69) is 26.0 Å². The van der Waals surface area contributed by atoms with Crippen LogP contribution in [-0.2, 0) is 13.6 Å². The number of nitrogens with zero attached hydrogens (tertiary/aromatic N) is 3. The molecule has 0 saturated carbocycles. The van der Waals surface area contributed by atoms with E-state index in [9.17, 15) is 9.18 Å². The highest BCUT2D eigenvalue weighted by Crippen LogP contribution is 2.11. The highest BCUT2D eigenvalue weighted by atomic mass is 127. The Hall–Kier alpha value is -2.17. The average molecular weight is 502 g/mol. The van der Waals surface area contributed by atoms with Crippen LogP contribution < -0.4 is 16.0 Å². The quantitative estimate of drug-likeness (QED) is 0.245. The summed E-state index contributed by atoms with van der Waals surface area (Å²) in [5.41, 5.74) is 4.05. The van der Waals surface area contributed by atoms with Gasteiger partial charge in [-0.1, -0.05) is 6.07 Å². The predicted molar refractivity (Wildman–Crippen MR) is 120 cm³/mol. The SMILES string of the molecule is CN=C(NCCNC(=O)c1ccc(C)c(F)c1)NCc1c(C)nn(C)c1C.I. The molecule has 154 valence electrons. The number of benzene rings is 1. The Morgan fingerprint density at radius 1 is 1.18 bits per heavy atom. The summed E-state index contributed by atoms with van der Waals surface area (Å²) in [6.07, 6.45) is 0. The number of guanidine groups is 1. The lowest BCUT2D eigenvalue weighted by Gasteiger charge is -2.13. The summed E-state index contributed by atoms with van der Waals surface area (Å²) in [5, 5.41) is 13.5. The summed E-state index contributed by atoms with van der Waals surface area (Å²) in [5.74, 6) is -0.0556. The molecule has 1 amide bonds. The van der Waals surface area contributed by atoms with Crippen molar-refractivity contribution in [2.45, 2.75) is 27.3 Å². The highest BCUT2D eigenvalue weighted by Gasteiger charge is 2.10. The largest absolute Gasteiger partial charge is 0.355 e. The van der Waals surface area contributed by atoms with Crippen LogP contribution in [0.15, 0.2) is 23.2 Å². The third-order valence-electron chi connectivity index (χ3n) is 4.45. The number of aromatic nitrogens is 2. The summed E-state index contributed by atoms with van der Waals surface area (Å²) >= 11 is 0. The fraction of sp³-hybridized carbons (Fsp3) is 0.421. The Kier molecular flexibility index (Phi) is 9.36. The molecule has 0 saturated heterocycles. The average Bonchev–Trinajstić information content (AvgIpc) is 2.88. The van der Waals surface area contributed by atoms with Crippen LogP contribution in [-0.4, -0.2) is 41.8 Å². The summed E-state index contributed by atoms with van der Waals surface area (Å²) in [6, 6.07) is 4.45. The second-order valence-corrected chi connectivity index (χ2v) is 6.35. The first-order valence-electron chi connectivity index (χ1n) is 8.81. The Morgan fingerprint density at radius 2 is 1.86 bits per heavy atom. The van der Waals surface area contributed by atoms with E-state index in [-0.39, 0.29) is 35.7 Å². The van der Waals surface area contributed by atoms with E-state index in [4.69, 9.17) is 0 Å². The van der Waals surface area contributed by atoms with Gasteiger partial charge >= 0.3 is 0 Å². The number of halogens is 2. The van der Waals surface area contributed by atoms with Gasteiger partial charge < -0.3 is 16.0 Å². The van der Waals surface area contributed by atoms with Gasteiger partial charge in [-0.25, -0.2) is 4.39 Å². The number of carbonyl (C=O) groups excluding carboxylic acids is 1. The van der Waals surface area contributed by atoms with Gasteiger partial charge in [0.2, 0.25) is 0 Å². The lowest BCUT2D eigenvalue weighted by molar-refractivity contribution is 0.0954. The van der Waals surface area contributed by atoms with Crippen LogP contribution in [0.5, 0.6) is 0 Å². The Bertz CT molecular complexity index is 849. The lowest BCUT2D eigenvalue weighted by atomic mass is 10.1. The molecule has 0 aliphatic carbocycles. The molecule has 0 atom stereocenters. The molecule has 0 bridgehead atoms. The zero-order chi connectivity index (χ0) is 20.0. The fourth-order valence-corrected chi connectivity index (χ4v) is 2.66. The first kappa shape index (κ1) is 23.9. The molecule has 0 aliphatic rings. The van der Waals surface area contributed by atoms with Gasteiger partial charge in [0.05, 0.1) is 5.69 Å². The molecule has 0 fully saturated rings. The maximum atomic E-state index is 13.5. The van der Waals surface area contributed by atoms with Crippen LogP contribution in [0.25, 0.3) is 0 Å². The lowest BCUT2D eigenvalue weighted by Crippen LogP contribution is -2.41. The van der Waals surface area contributed by atoms with E-state index in [0.29, 0.717) is 36.7 Å². The first-order chi connectivity index (χ1) is 12.8. The molecule has 1 aromatic heterocycles. The molecule has 28 heavy (non-hydrogen) atoms. The van der Waals surface area contributed by atoms with Crippen molar-refractivity contribution in [1.29, 1.82) is 0 Å². The maximum absolute atomic E-state index is 13.5. The summed E-state index contributed by atoms with van der Waals surface area (Å²) in [7, 11) is 3.60. The van der Waals surface area contributed by atoms with Crippen molar-refractivity contribution in [3.05, 3.63) is 52.1 Å². The minimum atomic E-state index is -0.383. The van der Waals surface area contributed by atoms with Crippen molar-refractivity contribution in [3.63, 3.8) is 0 Å².